The van der Waals surface area contributed by atoms with Crippen LogP contribution in [0.25, 0.3) is 6.08 Å². The number of rotatable bonds is 7. The quantitative estimate of drug-likeness (QED) is 0.639. The number of carbonyl (C=O) groups excluding carboxylic acids is 1. The van der Waals surface area contributed by atoms with Gasteiger partial charge in [-0.1, -0.05) is 31.2 Å². The van der Waals surface area contributed by atoms with Crippen molar-refractivity contribution < 1.29 is 27.4 Å². The molecule has 0 saturated heterocycles. The van der Waals surface area contributed by atoms with Crippen molar-refractivity contribution in [2.75, 3.05) is 26.7 Å². The van der Waals surface area contributed by atoms with Crippen LogP contribution in [0.1, 0.15) is 36.7 Å². The zero-order valence-electron chi connectivity index (χ0n) is 19.7. The van der Waals surface area contributed by atoms with Gasteiger partial charge in [-0.05, 0) is 37.6 Å². The molecule has 2 aromatic rings. The van der Waals surface area contributed by atoms with Crippen molar-refractivity contribution in [1.29, 1.82) is 0 Å². The number of hydrogen-bond acceptors (Lipinski definition) is 6. The number of halogens is 1. The molecule has 0 unspecified atom stereocenters. The van der Waals surface area contributed by atoms with Crippen molar-refractivity contribution in [3.63, 3.8) is 0 Å². The summed E-state index contributed by atoms with van der Waals surface area (Å²) in [5, 5.41) is 9.74. The van der Waals surface area contributed by atoms with Crippen molar-refractivity contribution in [2.45, 2.75) is 37.8 Å². The van der Waals surface area contributed by atoms with E-state index in [4.69, 9.17) is 4.74 Å². The lowest BCUT2D eigenvalue weighted by molar-refractivity contribution is 0.0373. The van der Waals surface area contributed by atoms with Crippen molar-refractivity contribution in [2.24, 2.45) is 5.92 Å². The number of fused-ring (bicyclic) bond motifs is 1. The van der Waals surface area contributed by atoms with Crippen LogP contribution in [0, 0.1) is 11.7 Å². The summed E-state index contributed by atoms with van der Waals surface area (Å²) >= 11 is 0. The van der Waals surface area contributed by atoms with Crippen molar-refractivity contribution in [1.82, 2.24) is 14.2 Å². The van der Waals surface area contributed by atoms with Crippen molar-refractivity contribution in [3.8, 4) is 5.88 Å². The molecule has 0 spiro atoms. The number of aromatic nitrogens is 1. The summed E-state index contributed by atoms with van der Waals surface area (Å²) in [5.41, 5.74) is 0.937. The summed E-state index contributed by atoms with van der Waals surface area (Å²) in [6, 6.07) is 6.39. The molecule has 0 radical (unpaired) electrons. The molecule has 184 valence electrons. The number of carbonyl (C=O) groups is 1. The molecule has 34 heavy (non-hydrogen) atoms. The highest BCUT2D eigenvalue weighted by molar-refractivity contribution is 7.89. The van der Waals surface area contributed by atoms with E-state index < -0.39 is 32.9 Å². The molecule has 0 fully saturated rings. The van der Waals surface area contributed by atoms with Crippen molar-refractivity contribution >= 4 is 22.0 Å². The molecule has 2 heterocycles. The number of aliphatic hydroxyl groups excluding tert-OH is 1. The molecule has 1 amide bonds. The highest BCUT2D eigenvalue weighted by atomic mass is 32.2. The topological polar surface area (TPSA) is 100 Å². The van der Waals surface area contributed by atoms with E-state index in [0.29, 0.717) is 5.56 Å². The first-order valence-electron chi connectivity index (χ1n) is 11.0. The van der Waals surface area contributed by atoms with E-state index in [1.54, 1.807) is 30.2 Å². The number of likely N-dealkylation sites (N-methyl/N-ethyl adjacent to an activating group) is 1. The molecule has 0 aliphatic carbocycles. The van der Waals surface area contributed by atoms with Gasteiger partial charge >= 0.3 is 0 Å². The second-order valence-corrected chi connectivity index (χ2v) is 10.5. The van der Waals surface area contributed by atoms with Crippen LogP contribution in [0.2, 0.25) is 0 Å². The fourth-order valence-electron chi connectivity index (χ4n) is 3.79. The molecule has 3 rings (SSSR count). The number of benzene rings is 1. The minimum absolute atomic E-state index is 0.0848. The van der Waals surface area contributed by atoms with Gasteiger partial charge in [0.15, 0.2) is 0 Å². The number of sulfonamides is 1. The van der Waals surface area contributed by atoms with Crippen LogP contribution in [-0.2, 0) is 10.0 Å². The Morgan fingerprint density at radius 1 is 1.38 bits per heavy atom. The highest BCUT2D eigenvalue weighted by Crippen LogP contribution is 2.28. The molecule has 0 bridgehead atoms. The Hall–Kier alpha value is -2.82. The fourth-order valence-corrected chi connectivity index (χ4v) is 5.04. The largest absolute Gasteiger partial charge is 0.472 e. The van der Waals surface area contributed by atoms with E-state index in [1.807, 2.05) is 19.9 Å². The Labute approximate surface area is 199 Å². The van der Waals surface area contributed by atoms with Gasteiger partial charge < -0.3 is 14.7 Å². The maximum atomic E-state index is 14.2. The molecule has 1 N–H and O–H groups in total. The second-order valence-electron chi connectivity index (χ2n) is 8.46. The SMILES string of the molecule is C/C=C/c1cnc2c(c1)C(=O)N([C@H](C)CO)C[C@H](C)[C@@H](CN(C)S(=O)(=O)c1ccccc1F)O2. The molecular formula is C24H30FN3O5S. The second kappa shape index (κ2) is 10.6. The van der Waals surface area contributed by atoms with Gasteiger partial charge in [0.25, 0.3) is 5.91 Å². The third kappa shape index (κ3) is 5.29. The van der Waals surface area contributed by atoms with Crippen molar-refractivity contribution in [3.05, 3.63) is 59.5 Å². The lowest BCUT2D eigenvalue weighted by Gasteiger charge is -2.37. The third-order valence-electron chi connectivity index (χ3n) is 5.86. The Bertz CT molecular complexity index is 1170. The number of allylic oxidation sites excluding steroid dienone is 1. The minimum Gasteiger partial charge on any atom is -0.472 e. The van der Waals surface area contributed by atoms with Crippen LogP contribution in [-0.4, -0.2) is 72.5 Å². The first-order chi connectivity index (χ1) is 16.1. The lowest BCUT2D eigenvalue weighted by atomic mass is 10.00. The number of nitrogens with zero attached hydrogens (tertiary/aromatic N) is 3. The molecule has 1 aromatic carbocycles. The molecule has 0 saturated carbocycles. The van der Waals surface area contributed by atoms with Gasteiger partial charge in [0, 0.05) is 25.7 Å². The van der Waals surface area contributed by atoms with Gasteiger partial charge in [-0.15, -0.1) is 0 Å². The molecule has 1 aliphatic heterocycles. The van der Waals surface area contributed by atoms with Gasteiger partial charge in [-0.25, -0.2) is 17.8 Å². The highest BCUT2D eigenvalue weighted by Gasteiger charge is 2.36. The van der Waals surface area contributed by atoms with Crippen LogP contribution >= 0.6 is 0 Å². The van der Waals surface area contributed by atoms with E-state index in [9.17, 15) is 22.7 Å². The van der Waals surface area contributed by atoms with Gasteiger partial charge in [0.05, 0.1) is 19.2 Å². The molecule has 3 atom stereocenters. The molecule has 10 heteroatoms. The zero-order chi connectivity index (χ0) is 25.0. The summed E-state index contributed by atoms with van der Waals surface area (Å²) in [4.78, 5) is 18.8. The summed E-state index contributed by atoms with van der Waals surface area (Å²) < 4.78 is 47.4. The minimum atomic E-state index is -4.12. The molecule has 1 aromatic heterocycles. The summed E-state index contributed by atoms with van der Waals surface area (Å²) in [5.74, 6) is -1.39. The average molecular weight is 492 g/mol. The van der Waals surface area contributed by atoms with Gasteiger partial charge in [-0.2, -0.15) is 4.31 Å². The standard InChI is InChI=1S/C24H30FN3O5S/c1-5-8-18-11-19-23(26-12-18)33-21(16(2)13-28(24(19)30)17(3)15-29)14-27(4)34(31,32)22-10-7-6-9-20(22)25/h5-12,16-17,21,29H,13-15H2,1-4H3/b8-5+/t16-,17+,21+/m0/s1. The smallest absolute Gasteiger partial charge is 0.259 e. The number of ether oxygens (including phenoxy) is 1. The monoisotopic (exact) mass is 491 g/mol. The zero-order valence-corrected chi connectivity index (χ0v) is 20.5. The third-order valence-corrected chi connectivity index (χ3v) is 7.72. The van der Waals surface area contributed by atoms with Crippen LogP contribution < -0.4 is 4.74 Å². The van der Waals surface area contributed by atoms with E-state index >= 15 is 0 Å². The Morgan fingerprint density at radius 2 is 2.09 bits per heavy atom. The summed E-state index contributed by atoms with van der Waals surface area (Å²) in [7, 11) is -2.76. The first-order valence-corrected chi connectivity index (χ1v) is 12.5. The number of pyridine rings is 1. The molecular weight excluding hydrogens is 461 g/mol. The number of aliphatic hydroxyl groups is 1. The van der Waals surface area contributed by atoms with Crippen LogP contribution in [0.15, 0.2) is 47.5 Å². The van der Waals surface area contributed by atoms with Crippen LogP contribution in [0.5, 0.6) is 5.88 Å². The predicted molar refractivity (Wildman–Crippen MR) is 126 cm³/mol. The van der Waals surface area contributed by atoms with Gasteiger partial charge in [0.2, 0.25) is 15.9 Å². The predicted octanol–water partition coefficient (Wildman–Crippen LogP) is 2.79. The Kier molecular flexibility index (Phi) is 8.06. The maximum absolute atomic E-state index is 14.2. The van der Waals surface area contributed by atoms with Crippen LogP contribution in [0.4, 0.5) is 4.39 Å². The van der Waals surface area contributed by atoms with E-state index in [1.165, 1.54) is 25.2 Å². The van der Waals surface area contributed by atoms with Gasteiger partial charge in [0.1, 0.15) is 22.4 Å². The van der Waals surface area contributed by atoms with E-state index in [-0.39, 0.29) is 43.0 Å². The summed E-state index contributed by atoms with van der Waals surface area (Å²) in [6.07, 6.45) is 4.49. The maximum Gasteiger partial charge on any atom is 0.259 e. The van der Waals surface area contributed by atoms with E-state index in [0.717, 1.165) is 10.4 Å². The lowest BCUT2D eigenvalue weighted by Crippen LogP contribution is -2.50. The summed E-state index contributed by atoms with van der Waals surface area (Å²) in [6.45, 7) is 5.32. The first kappa shape index (κ1) is 25.8. The van der Waals surface area contributed by atoms with Crippen LogP contribution in [0.3, 0.4) is 0 Å². The Morgan fingerprint density at radius 3 is 2.74 bits per heavy atom. The number of hydrogen-bond donors (Lipinski definition) is 1. The number of amides is 1. The normalized spacial score (nSPS) is 20.1. The average Bonchev–Trinajstić information content (AvgIpc) is 2.81. The molecule has 1 aliphatic rings. The fraction of sp³-hybridized carbons (Fsp3) is 0.417. The van der Waals surface area contributed by atoms with Gasteiger partial charge in [-0.3, -0.25) is 4.79 Å². The Balaban J connectivity index is 1.99. The van der Waals surface area contributed by atoms with E-state index in [2.05, 4.69) is 4.98 Å². The molecule has 8 nitrogen and oxygen atoms in total.